The maximum atomic E-state index is 12.1. The fourth-order valence-electron chi connectivity index (χ4n) is 2.24. The zero-order valence-electron chi connectivity index (χ0n) is 11.0. The first-order valence-electron chi connectivity index (χ1n) is 6.18. The molecule has 2 heterocycles. The van der Waals surface area contributed by atoms with Crippen molar-refractivity contribution in [2.45, 2.75) is 13.8 Å². The number of aryl methyl sites for hydroxylation is 1. The first kappa shape index (κ1) is 13.3. The maximum Gasteiger partial charge on any atom is 0.321 e. The predicted octanol–water partition coefficient (Wildman–Crippen LogP) is 1.57. The average molecular weight is 263 g/mol. The molecule has 1 aliphatic heterocycles. The van der Waals surface area contributed by atoms with Crippen LogP contribution in [0, 0.1) is 18.8 Å². The molecule has 0 bridgehead atoms. The fourth-order valence-corrected chi connectivity index (χ4v) is 2.24. The van der Waals surface area contributed by atoms with Crippen molar-refractivity contribution in [3.8, 4) is 0 Å². The molecule has 0 radical (unpaired) electrons. The van der Waals surface area contributed by atoms with Gasteiger partial charge in [0.25, 0.3) is 0 Å². The molecule has 2 atom stereocenters. The highest BCUT2D eigenvalue weighted by molar-refractivity contribution is 5.90. The van der Waals surface area contributed by atoms with Crippen LogP contribution in [0.2, 0.25) is 0 Å². The molecular formula is C13H17N3O3. The number of rotatable bonds is 2. The van der Waals surface area contributed by atoms with Crippen molar-refractivity contribution in [3.05, 3.63) is 24.0 Å². The van der Waals surface area contributed by atoms with Crippen LogP contribution in [0.1, 0.15) is 12.5 Å². The summed E-state index contributed by atoms with van der Waals surface area (Å²) in [5.41, 5.74) is 1.57. The highest BCUT2D eigenvalue weighted by Gasteiger charge is 2.36. The molecule has 6 nitrogen and oxygen atoms in total. The van der Waals surface area contributed by atoms with Crippen molar-refractivity contribution < 1.29 is 14.7 Å². The van der Waals surface area contributed by atoms with Gasteiger partial charge in [0.1, 0.15) is 0 Å². The summed E-state index contributed by atoms with van der Waals surface area (Å²) in [6.45, 7) is 4.44. The van der Waals surface area contributed by atoms with Gasteiger partial charge in [0.2, 0.25) is 0 Å². The molecule has 6 heteroatoms. The molecule has 1 saturated heterocycles. The van der Waals surface area contributed by atoms with Crippen LogP contribution >= 0.6 is 0 Å². The molecular weight excluding hydrogens is 246 g/mol. The smallest absolute Gasteiger partial charge is 0.321 e. The Morgan fingerprint density at radius 2 is 2.21 bits per heavy atom. The number of hydrogen-bond donors (Lipinski definition) is 2. The summed E-state index contributed by atoms with van der Waals surface area (Å²) in [4.78, 5) is 28.6. The van der Waals surface area contributed by atoms with Crippen molar-refractivity contribution in [1.29, 1.82) is 0 Å². The third-order valence-corrected chi connectivity index (χ3v) is 3.50. The minimum Gasteiger partial charge on any atom is -0.481 e. The van der Waals surface area contributed by atoms with Gasteiger partial charge in [-0.25, -0.2) is 4.79 Å². The SMILES string of the molecule is Cc1ccncc1NC(=O)N1C[C@@H](C)[C@H](C(=O)O)C1. The van der Waals surface area contributed by atoms with E-state index in [-0.39, 0.29) is 18.5 Å². The number of hydrogen-bond acceptors (Lipinski definition) is 3. The zero-order chi connectivity index (χ0) is 14.0. The quantitative estimate of drug-likeness (QED) is 0.848. The van der Waals surface area contributed by atoms with E-state index in [2.05, 4.69) is 10.3 Å². The van der Waals surface area contributed by atoms with Crippen molar-refractivity contribution in [2.75, 3.05) is 18.4 Å². The fraction of sp³-hybridized carbons (Fsp3) is 0.462. The molecule has 0 aliphatic carbocycles. The number of nitrogens with one attached hydrogen (secondary N) is 1. The summed E-state index contributed by atoms with van der Waals surface area (Å²) < 4.78 is 0. The van der Waals surface area contributed by atoms with Crippen molar-refractivity contribution in [2.24, 2.45) is 11.8 Å². The molecule has 1 aromatic rings. The second-order valence-electron chi connectivity index (χ2n) is 4.95. The van der Waals surface area contributed by atoms with E-state index in [4.69, 9.17) is 5.11 Å². The number of carbonyl (C=O) groups is 2. The van der Waals surface area contributed by atoms with Crippen LogP contribution < -0.4 is 5.32 Å². The van der Waals surface area contributed by atoms with Gasteiger partial charge in [0, 0.05) is 19.3 Å². The number of carboxylic acid groups (broad SMARTS) is 1. The summed E-state index contributed by atoms with van der Waals surface area (Å²) in [6.07, 6.45) is 3.24. The van der Waals surface area contributed by atoms with Crippen LogP contribution in [0.3, 0.4) is 0 Å². The first-order valence-corrected chi connectivity index (χ1v) is 6.18. The van der Waals surface area contributed by atoms with E-state index < -0.39 is 11.9 Å². The number of aromatic nitrogens is 1. The van der Waals surface area contributed by atoms with E-state index in [1.807, 2.05) is 19.9 Å². The second kappa shape index (κ2) is 5.26. The monoisotopic (exact) mass is 263 g/mol. The minimum atomic E-state index is -0.847. The number of pyridine rings is 1. The Bertz CT molecular complexity index is 504. The van der Waals surface area contributed by atoms with E-state index in [0.717, 1.165) is 5.56 Å². The summed E-state index contributed by atoms with van der Waals surface area (Å²) in [7, 11) is 0. The molecule has 2 rings (SSSR count). The lowest BCUT2D eigenvalue weighted by Crippen LogP contribution is -2.34. The van der Waals surface area contributed by atoms with Gasteiger partial charge >= 0.3 is 12.0 Å². The third kappa shape index (κ3) is 2.83. The molecule has 1 aliphatic rings. The van der Waals surface area contributed by atoms with Crippen LogP contribution in [-0.4, -0.2) is 40.1 Å². The van der Waals surface area contributed by atoms with Gasteiger partial charge in [-0.1, -0.05) is 6.92 Å². The summed E-state index contributed by atoms with van der Waals surface area (Å²) >= 11 is 0. The molecule has 19 heavy (non-hydrogen) atoms. The highest BCUT2D eigenvalue weighted by atomic mass is 16.4. The van der Waals surface area contributed by atoms with Gasteiger partial charge in [-0.3, -0.25) is 9.78 Å². The number of urea groups is 1. The van der Waals surface area contributed by atoms with E-state index in [1.165, 1.54) is 4.90 Å². The third-order valence-electron chi connectivity index (χ3n) is 3.50. The number of carbonyl (C=O) groups excluding carboxylic acids is 1. The molecule has 1 aromatic heterocycles. The average Bonchev–Trinajstić information content (AvgIpc) is 2.74. The molecule has 2 amide bonds. The predicted molar refractivity (Wildman–Crippen MR) is 69.9 cm³/mol. The van der Waals surface area contributed by atoms with E-state index in [9.17, 15) is 9.59 Å². The zero-order valence-corrected chi connectivity index (χ0v) is 11.0. The number of aliphatic carboxylic acids is 1. The van der Waals surface area contributed by atoms with Crippen molar-refractivity contribution in [3.63, 3.8) is 0 Å². The molecule has 2 N–H and O–H groups in total. The first-order chi connectivity index (χ1) is 8.99. The van der Waals surface area contributed by atoms with Crippen molar-refractivity contribution >= 4 is 17.7 Å². The summed E-state index contributed by atoms with van der Waals surface area (Å²) in [5, 5.41) is 11.8. The van der Waals surface area contributed by atoms with Crippen LogP contribution in [-0.2, 0) is 4.79 Å². The van der Waals surface area contributed by atoms with Gasteiger partial charge in [0.05, 0.1) is 17.8 Å². The Morgan fingerprint density at radius 1 is 1.47 bits per heavy atom. The molecule has 1 fully saturated rings. The Labute approximate surface area is 111 Å². The molecule has 0 unspecified atom stereocenters. The molecule has 0 saturated carbocycles. The van der Waals surface area contributed by atoms with Crippen LogP contribution in [0.4, 0.5) is 10.5 Å². The van der Waals surface area contributed by atoms with Crippen LogP contribution in [0.5, 0.6) is 0 Å². The van der Waals surface area contributed by atoms with Crippen LogP contribution in [0.25, 0.3) is 0 Å². The van der Waals surface area contributed by atoms with E-state index >= 15 is 0 Å². The Hall–Kier alpha value is -2.11. The van der Waals surface area contributed by atoms with Gasteiger partial charge in [-0.15, -0.1) is 0 Å². The summed E-state index contributed by atoms with van der Waals surface area (Å²) in [6, 6.07) is 1.54. The summed E-state index contributed by atoms with van der Waals surface area (Å²) in [5.74, 6) is -1.36. The minimum absolute atomic E-state index is 0.0294. The van der Waals surface area contributed by atoms with Gasteiger partial charge in [-0.2, -0.15) is 0 Å². The maximum absolute atomic E-state index is 12.1. The van der Waals surface area contributed by atoms with Gasteiger partial charge < -0.3 is 15.3 Å². The molecule has 0 spiro atoms. The number of carboxylic acids is 1. The van der Waals surface area contributed by atoms with E-state index in [1.54, 1.807) is 12.4 Å². The number of nitrogens with zero attached hydrogens (tertiary/aromatic N) is 2. The Balaban J connectivity index is 2.02. The number of amides is 2. The Morgan fingerprint density at radius 3 is 2.79 bits per heavy atom. The van der Waals surface area contributed by atoms with Crippen LogP contribution in [0.15, 0.2) is 18.5 Å². The molecule has 0 aromatic carbocycles. The highest BCUT2D eigenvalue weighted by Crippen LogP contribution is 2.24. The van der Waals surface area contributed by atoms with Gasteiger partial charge in [-0.05, 0) is 24.5 Å². The largest absolute Gasteiger partial charge is 0.481 e. The lowest BCUT2D eigenvalue weighted by molar-refractivity contribution is -0.142. The molecule has 102 valence electrons. The Kier molecular flexibility index (Phi) is 3.69. The standard InChI is InChI=1S/C13H17N3O3/c1-8-3-4-14-5-11(8)15-13(19)16-6-9(2)10(7-16)12(17)18/h3-5,9-10H,6-7H2,1-2H3,(H,15,19)(H,17,18)/t9-,10-/m1/s1. The van der Waals surface area contributed by atoms with E-state index in [0.29, 0.717) is 12.2 Å². The normalized spacial score (nSPS) is 22.3. The number of likely N-dealkylation sites (tertiary alicyclic amines) is 1. The lowest BCUT2D eigenvalue weighted by atomic mass is 9.99. The number of anilines is 1. The lowest BCUT2D eigenvalue weighted by Gasteiger charge is -2.17. The topological polar surface area (TPSA) is 82.5 Å². The van der Waals surface area contributed by atoms with Crippen molar-refractivity contribution in [1.82, 2.24) is 9.88 Å². The van der Waals surface area contributed by atoms with Gasteiger partial charge in [0.15, 0.2) is 0 Å². The second-order valence-corrected chi connectivity index (χ2v) is 4.95.